The molecule has 3 aromatic rings. The topological polar surface area (TPSA) is 86.8 Å². The number of rotatable bonds is 12. The number of aromatic amines is 1. The summed E-state index contributed by atoms with van der Waals surface area (Å²) in [4.78, 5) is 18.4. The zero-order chi connectivity index (χ0) is 27.1. The lowest BCUT2D eigenvalue weighted by atomic mass is 9.88. The van der Waals surface area contributed by atoms with Gasteiger partial charge < -0.3 is 29.8 Å². The summed E-state index contributed by atoms with van der Waals surface area (Å²) in [6.45, 7) is 6.25. The molecule has 1 saturated heterocycles. The van der Waals surface area contributed by atoms with E-state index in [0.29, 0.717) is 12.5 Å². The number of carbonyl (C=O) groups is 1. The monoisotopic (exact) mass is 521 g/mol. The summed E-state index contributed by atoms with van der Waals surface area (Å²) in [6.07, 6.45) is 5.89. The maximum atomic E-state index is 12.8. The summed E-state index contributed by atoms with van der Waals surface area (Å²) < 4.78 is 11.0. The Labute approximate surface area is 226 Å². The number of H-pyrrole nitrogens is 1. The predicted molar refractivity (Wildman–Crippen MR) is 153 cm³/mol. The Hall–Kier alpha value is -3.03. The maximum Gasteiger partial charge on any atom is 0.236 e. The average Bonchev–Trinajstić information content (AvgIpc) is 3.34. The molecule has 1 aromatic heterocycles. The number of amides is 1. The maximum absolute atomic E-state index is 12.8. The number of carbonyl (C=O) groups excluding carboxylic acids is 1. The highest BCUT2D eigenvalue weighted by Crippen LogP contribution is 2.38. The number of methoxy groups -OCH3 is 2. The predicted octanol–water partition coefficient (Wildman–Crippen LogP) is 5.26. The first-order valence-electron chi connectivity index (χ1n) is 14.0. The largest absolute Gasteiger partial charge is 0.493 e. The Morgan fingerprint density at radius 3 is 2.53 bits per heavy atom. The SMILES string of the molecule is CCCC[C@@H](CO)NCC(=O)N1CCC(c2ccc3[nH]c(-c4ccc(OC)c(OC)c4)c(CC)c3c2)CC1. The van der Waals surface area contributed by atoms with Crippen LogP contribution in [-0.4, -0.2) is 67.4 Å². The van der Waals surface area contributed by atoms with Gasteiger partial charge in [0.15, 0.2) is 11.5 Å². The standard InChI is InChI=1S/C31H43N3O4/c1-5-7-8-24(20-35)32-19-30(36)34-15-13-21(14-16-34)22-9-11-27-26(17-22)25(6-2)31(33-27)23-10-12-28(37-3)29(18-23)38-4/h9-12,17-18,21,24,32-33,35H,5-8,13-16,19-20H2,1-4H3/t24-/m0/s1. The van der Waals surface area contributed by atoms with E-state index in [1.54, 1.807) is 14.2 Å². The Morgan fingerprint density at radius 1 is 1.11 bits per heavy atom. The first kappa shape index (κ1) is 28.0. The van der Waals surface area contributed by atoms with Gasteiger partial charge in [0.2, 0.25) is 5.91 Å². The number of aryl methyl sites for hydroxylation is 1. The molecule has 0 spiro atoms. The summed E-state index contributed by atoms with van der Waals surface area (Å²) in [6, 6.07) is 12.8. The molecule has 4 rings (SSSR count). The number of nitrogens with zero attached hydrogens (tertiary/aromatic N) is 1. The minimum atomic E-state index is 0.00108. The van der Waals surface area contributed by atoms with Gasteiger partial charge in [0.1, 0.15) is 0 Å². The molecule has 2 heterocycles. The van der Waals surface area contributed by atoms with Crippen LogP contribution >= 0.6 is 0 Å². The van der Waals surface area contributed by atoms with Crippen LogP contribution < -0.4 is 14.8 Å². The van der Waals surface area contributed by atoms with Gasteiger partial charge in [-0.25, -0.2) is 0 Å². The van der Waals surface area contributed by atoms with Crippen molar-refractivity contribution in [2.45, 2.75) is 64.3 Å². The third kappa shape index (κ3) is 6.16. The molecule has 1 amide bonds. The first-order chi connectivity index (χ1) is 18.5. The lowest BCUT2D eigenvalue weighted by molar-refractivity contribution is -0.131. The number of fused-ring (bicyclic) bond motifs is 1. The molecular formula is C31H43N3O4. The molecule has 38 heavy (non-hydrogen) atoms. The van der Waals surface area contributed by atoms with Crippen LogP contribution in [0.15, 0.2) is 36.4 Å². The van der Waals surface area contributed by atoms with E-state index >= 15 is 0 Å². The third-order valence-electron chi connectivity index (χ3n) is 7.94. The van der Waals surface area contributed by atoms with Crippen LogP contribution in [0.2, 0.25) is 0 Å². The van der Waals surface area contributed by atoms with Crippen molar-refractivity contribution in [1.82, 2.24) is 15.2 Å². The zero-order valence-electron chi connectivity index (χ0n) is 23.3. The molecule has 0 bridgehead atoms. The van der Waals surface area contributed by atoms with Crippen molar-refractivity contribution in [2.75, 3.05) is 40.5 Å². The van der Waals surface area contributed by atoms with Crippen LogP contribution in [0, 0.1) is 0 Å². The van der Waals surface area contributed by atoms with Crippen molar-refractivity contribution < 1.29 is 19.4 Å². The molecule has 0 saturated carbocycles. The van der Waals surface area contributed by atoms with Gasteiger partial charge in [-0.05, 0) is 73.1 Å². The second kappa shape index (κ2) is 13.2. The Balaban J connectivity index is 1.45. The molecule has 1 aliphatic rings. The summed E-state index contributed by atoms with van der Waals surface area (Å²) in [5, 5.41) is 14.1. The molecule has 0 radical (unpaired) electrons. The summed E-state index contributed by atoms with van der Waals surface area (Å²) in [7, 11) is 3.31. The van der Waals surface area contributed by atoms with Gasteiger partial charge in [-0.2, -0.15) is 0 Å². The number of aliphatic hydroxyl groups excluding tert-OH is 1. The van der Waals surface area contributed by atoms with Crippen LogP contribution in [0.4, 0.5) is 0 Å². The molecule has 3 N–H and O–H groups in total. The fraction of sp³-hybridized carbons (Fsp3) is 0.516. The lowest BCUT2D eigenvalue weighted by Gasteiger charge is -2.33. The van der Waals surface area contributed by atoms with Crippen LogP contribution in [0.5, 0.6) is 11.5 Å². The van der Waals surface area contributed by atoms with Crippen LogP contribution in [0.1, 0.15) is 63.0 Å². The number of piperidine rings is 1. The van der Waals surface area contributed by atoms with E-state index in [1.165, 1.54) is 16.5 Å². The molecule has 0 aliphatic carbocycles. The lowest BCUT2D eigenvalue weighted by Crippen LogP contribution is -2.45. The van der Waals surface area contributed by atoms with E-state index in [0.717, 1.165) is 79.9 Å². The van der Waals surface area contributed by atoms with Gasteiger partial charge in [-0.15, -0.1) is 0 Å². The normalized spacial score (nSPS) is 15.1. The van der Waals surface area contributed by atoms with Crippen LogP contribution in [0.25, 0.3) is 22.2 Å². The van der Waals surface area contributed by atoms with Gasteiger partial charge >= 0.3 is 0 Å². The van der Waals surface area contributed by atoms with Gasteiger partial charge in [0, 0.05) is 41.3 Å². The summed E-state index contributed by atoms with van der Waals surface area (Å²) in [5.41, 5.74) is 5.98. The number of hydrogen-bond donors (Lipinski definition) is 3. The number of unbranched alkanes of at least 4 members (excludes halogenated alkanes) is 1. The van der Waals surface area contributed by atoms with Crippen LogP contribution in [-0.2, 0) is 11.2 Å². The van der Waals surface area contributed by atoms with E-state index in [-0.39, 0.29) is 18.6 Å². The number of nitrogens with one attached hydrogen (secondary N) is 2. The Morgan fingerprint density at radius 2 is 1.87 bits per heavy atom. The van der Waals surface area contributed by atoms with Gasteiger partial charge in [-0.3, -0.25) is 4.79 Å². The van der Waals surface area contributed by atoms with Crippen molar-refractivity contribution >= 4 is 16.8 Å². The number of aliphatic hydroxyl groups is 1. The van der Waals surface area contributed by atoms with Crippen molar-refractivity contribution in [1.29, 1.82) is 0 Å². The number of ether oxygens (including phenoxy) is 2. The Kier molecular flexibility index (Phi) is 9.69. The molecule has 7 nitrogen and oxygen atoms in total. The second-order valence-electron chi connectivity index (χ2n) is 10.3. The highest BCUT2D eigenvalue weighted by Gasteiger charge is 2.25. The molecular weight excluding hydrogens is 478 g/mol. The second-order valence-corrected chi connectivity index (χ2v) is 10.3. The van der Waals surface area contributed by atoms with E-state index in [1.807, 2.05) is 17.0 Å². The summed E-state index contributed by atoms with van der Waals surface area (Å²) >= 11 is 0. The highest BCUT2D eigenvalue weighted by molar-refractivity contribution is 5.91. The Bertz CT molecular complexity index is 1210. The minimum absolute atomic E-state index is 0.00108. The molecule has 0 unspecified atom stereocenters. The number of hydrogen-bond acceptors (Lipinski definition) is 5. The molecule has 206 valence electrons. The number of aromatic nitrogens is 1. The van der Waals surface area contributed by atoms with E-state index < -0.39 is 0 Å². The van der Waals surface area contributed by atoms with E-state index in [2.05, 4.69) is 48.4 Å². The third-order valence-corrected chi connectivity index (χ3v) is 7.94. The first-order valence-corrected chi connectivity index (χ1v) is 14.0. The van der Waals surface area contributed by atoms with Gasteiger partial charge in [-0.1, -0.05) is 32.8 Å². The smallest absolute Gasteiger partial charge is 0.236 e. The van der Waals surface area contributed by atoms with E-state index in [4.69, 9.17) is 9.47 Å². The number of benzene rings is 2. The molecule has 1 fully saturated rings. The molecule has 1 aliphatic heterocycles. The van der Waals surface area contributed by atoms with Crippen molar-refractivity contribution in [3.63, 3.8) is 0 Å². The van der Waals surface area contributed by atoms with Crippen LogP contribution in [0.3, 0.4) is 0 Å². The fourth-order valence-electron chi connectivity index (χ4n) is 5.64. The molecule has 2 aromatic carbocycles. The zero-order valence-corrected chi connectivity index (χ0v) is 23.3. The molecule has 7 heteroatoms. The van der Waals surface area contributed by atoms with Gasteiger partial charge in [0.25, 0.3) is 0 Å². The quantitative estimate of drug-likeness (QED) is 0.303. The minimum Gasteiger partial charge on any atom is -0.493 e. The summed E-state index contributed by atoms with van der Waals surface area (Å²) in [5.74, 6) is 2.01. The van der Waals surface area contributed by atoms with Crippen molar-refractivity contribution in [2.24, 2.45) is 0 Å². The van der Waals surface area contributed by atoms with Gasteiger partial charge in [0.05, 0.1) is 27.4 Å². The highest BCUT2D eigenvalue weighted by atomic mass is 16.5. The average molecular weight is 522 g/mol. The van der Waals surface area contributed by atoms with Crippen molar-refractivity contribution in [3.05, 3.63) is 47.5 Å². The number of likely N-dealkylation sites (tertiary alicyclic amines) is 1. The fourth-order valence-corrected chi connectivity index (χ4v) is 5.64. The van der Waals surface area contributed by atoms with E-state index in [9.17, 15) is 9.90 Å². The van der Waals surface area contributed by atoms with Crippen molar-refractivity contribution in [3.8, 4) is 22.8 Å². The molecule has 1 atom stereocenters.